The number of carbonyl (C=O) groups excluding carboxylic acids is 1. The van der Waals surface area contributed by atoms with Crippen molar-refractivity contribution in [2.45, 2.75) is 45.2 Å². The van der Waals surface area contributed by atoms with Crippen molar-refractivity contribution >= 4 is 33.7 Å². The Bertz CT molecular complexity index is 611. The fourth-order valence-corrected chi connectivity index (χ4v) is 4.17. The summed E-state index contributed by atoms with van der Waals surface area (Å²) in [5.74, 6) is 0.0523. The van der Waals surface area contributed by atoms with Gasteiger partial charge in [0.15, 0.2) is 5.13 Å². The maximum atomic E-state index is 12.4. The van der Waals surface area contributed by atoms with E-state index in [4.69, 9.17) is 0 Å². The molecule has 0 aliphatic carbocycles. The van der Waals surface area contributed by atoms with Gasteiger partial charge in [0.1, 0.15) is 0 Å². The van der Waals surface area contributed by atoms with Gasteiger partial charge in [-0.3, -0.25) is 9.69 Å². The van der Waals surface area contributed by atoms with E-state index in [0.29, 0.717) is 5.13 Å². The summed E-state index contributed by atoms with van der Waals surface area (Å²) in [6, 6.07) is -0.0692. The van der Waals surface area contributed by atoms with E-state index in [1.807, 2.05) is 5.38 Å². The van der Waals surface area contributed by atoms with Gasteiger partial charge in [0.25, 0.3) is 0 Å². The maximum absolute atomic E-state index is 12.4. The lowest BCUT2D eigenvalue weighted by atomic mass is 10.2. The summed E-state index contributed by atoms with van der Waals surface area (Å²) in [5, 5.41) is 8.78. The molecular weight excluding hydrogens is 316 g/mol. The number of anilines is 1. The molecule has 22 heavy (non-hydrogen) atoms. The molecule has 1 unspecified atom stereocenters. The Kier molecular flexibility index (Phi) is 5.17. The number of hydrogen-bond donors (Lipinski definition) is 1. The molecule has 3 rings (SSSR count). The molecule has 0 aromatic carbocycles. The van der Waals surface area contributed by atoms with E-state index in [0.717, 1.165) is 44.5 Å². The monoisotopic (exact) mass is 336 g/mol. The Morgan fingerprint density at radius 3 is 3.18 bits per heavy atom. The van der Waals surface area contributed by atoms with E-state index < -0.39 is 0 Å². The van der Waals surface area contributed by atoms with Gasteiger partial charge in [0.05, 0.1) is 16.7 Å². The third kappa shape index (κ3) is 3.71. The fraction of sp³-hybridized carbons (Fsp3) is 0.533. The Morgan fingerprint density at radius 2 is 2.41 bits per heavy atom. The minimum atomic E-state index is -0.0692. The van der Waals surface area contributed by atoms with Crippen molar-refractivity contribution in [3.05, 3.63) is 27.7 Å². The molecule has 1 atom stereocenters. The van der Waals surface area contributed by atoms with E-state index >= 15 is 0 Å². The fourth-order valence-electron chi connectivity index (χ4n) is 2.74. The Labute approximate surface area is 138 Å². The topological polar surface area (TPSA) is 58.1 Å². The molecular formula is C15H20N4OS2. The number of hydrogen-bond acceptors (Lipinski definition) is 6. The zero-order valence-corrected chi connectivity index (χ0v) is 14.3. The normalized spacial score (nSPS) is 18.7. The molecule has 1 aliphatic heterocycles. The third-order valence-electron chi connectivity index (χ3n) is 3.76. The molecule has 2 aromatic rings. The highest BCUT2D eigenvalue weighted by Crippen LogP contribution is 2.23. The molecule has 5 nitrogen and oxygen atoms in total. The average Bonchev–Trinajstić information content (AvgIpc) is 3.22. The molecule has 3 heterocycles. The van der Waals surface area contributed by atoms with Crippen molar-refractivity contribution in [2.24, 2.45) is 0 Å². The number of carbonyl (C=O) groups is 1. The summed E-state index contributed by atoms with van der Waals surface area (Å²) in [6.07, 6.45) is 5.83. The Hall–Kier alpha value is -1.31. The number of aromatic nitrogens is 2. The Morgan fingerprint density at radius 1 is 1.50 bits per heavy atom. The summed E-state index contributed by atoms with van der Waals surface area (Å²) in [7, 11) is 0. The van der Waals surface area contributed by atoms with Crippen molar-refractivity contribution in [3.63, 3.8) is 0 Å². The SMILES string of the molecule is CCCc1nc(CN2CCCC2C(=O)Nc2nccs2)cs1. The second-order valence-corrected chi connectivity index (χ2v) is 7.27. The van der Waals surface area contributed by atoms with E-state index in [1.54, 1.807) is 17.5 Å². The van der Waals surface area contributed by atoms with Gasteiger partial charge in [0.2, 0.25) is 5.91 Å². The van der Waals surface area contributed by atoms with E-state index in [9.17, 15) is 4.79 Å². The number of thiazole rings is 2. The quantitative estimate of drug-likeness (QED) is 0.880. The van der Waals surface area contributed by atoms with Crippen molar-refractivity contribution < 1.29 is 4.79 Å². The summed E-state index contributed by atoms with van der Waals surface area (Å²) in [5.41, 5.74) is 1.09. The van der Waals surface area contributed by atoms with Crippen LogP contribution in [0.25, 0.3) is 0 Å². The number of nitrogens with zero attached hydrogens (tertiary/aromatic N) is 3. The summed E-state index contributed by atoms with van der Waals surface area (Å²) >= 11 is 3.18. The highest BCUT2D eigenvalue weighted by Gasteiger charge is 2.31. The molecule has 1 fully saturated rings. The van der Waals surface area contributed by atoms with Crippen molar-refractivity contribution in [2.75, 3.05) is 11.9 Å². The molecule has 7 heteroatoms. The van der Waals surface area contributed by atoms with Crippen LogP contribution in [0.15, 0.2) is 17.0 Å². The molecule has 0 saturated carbocycles. The lowest BCUT2D eigenvalue weighted by molar-refractivity contribution is -0.120. The van der Waals surface area contributed by atoms with Gasteiger partial charge in [-0.15, -0.1) is 22.7 Å². The van der Waals surface area contributed by atoms with Gasteiger partial charge in [-0.25, -0.2) is 9.97 Å². The van der Waals surface area contributed by atoms with Gasteiger partial charge in [0, 0.05) is 23.5 Å². The first-order chi connectivity index (χ1) is 10.8. The van der Waals surface area contributed by atoms with Crippen LogP contribution in [0, 0.1) is 0 Å². The molecule has 0 bridgehead atoms. The molecule has 1 aliphatic rings. The van der Waals surface area contributed by atoms with Crippen LogP contribution in [0.3, 0.4) is 0 Å². The van der Waals surface area contributed by atoms with Crippen molar-refractivity contribution in [1.82, 2.24) is 14.9 Å². The predicted molar refractivity (Wildman–Crippen MR) is 90.3 cm³/mol. The van der Waals surface area contributed by atoms with Crippen LogP contribution in [-0.4, -0.2) is 33.4 Å². The van der Waals surface area contributed by atoms with Crippen molar-refractivity contribution in [1.29, 1.82) is 0 Å². The van der Waals surface area contributed by atoms with Crippen LogP contribution >= 0.6 is 22.7 Å². The highest BCUT2D eigenvalue weighted by atomic mass is 32.1. The molecule has 0 spiro atoms. The second kappa shape index (κ2) is 7.30. The largest absolute Gasteiger partial charge is 0.301 e. The molecule has 1 amide bonds. The van der Waals surface area contributed by atoms with E-state index in [1.165, 1.54) is 16.3 Å². The lowest BCUT2D eigenvalue weighted by Crippen LogP contribution is -2.39. The number of aryl methyl sites for hydroxylation is 1. The standard InChI is InChI=1S/C15H20N4OS2/c1-2-4-13-17-11(10-22-13)9-19-7-3-5-12(19)14(20)18-15-16-6-8-21-15/h6,8,10,12H,2-5,7,9H2,1H3,(H,16,18,20). The zero-order chi connectivity index (χ0) is 15.4. The number of likely N-dealkylation sites (tertiary alicyclic amines) is 1. The number of rotatable bonds is 6. The molecule has 1 N–H and O–H groups in total. The second-order valence-electron chi connectivity index (χ2n) is 5.44. The van der Waals surface area contributed by atoms with Crippen LogP contribution < -0.4 is 5.32 Å². The van der Waals surface area contributed by atoms with Crippen LogP contribution in [-0.2, 0) is 17.8 Å². The highest BCUT2D eigenvalue weighted by molar-refractivity contribution is 7.13. The third-order valence-corrected chi connectivity index (χ3v) is 5.40. The molecule has 2 aromatic heterocycles. The van der Waals surface area contributed by atoms with Crippen LogP contribution in [0.5, 0.6) is 0 Å². The van der Waals surface area contributed by atoms with Gasteiger partial charge in [-0.05, 0) is 32.2 Å². The average molecular weight is 336 g/mol. The number of nitrogens with one attached hydrogen (secondary N) is 1. The smallest absolute Gasteiger partial charge is 0.243 e. The Balaban J connectivity index is 1.61. The summed E-state index contributed by atoms with van der Waals surface area (Å²) in [4.78, 5) is 23.4. The van der Waals surface area contributed by atoms with Crippen LogP contribution in [0.2, 0.25) is 0 Å². The lowest BCUT2D eigenvalue weighted by Gasteiger charge is -2.22. The van der Waals surface area contributed by atoms with Gasteiger partial charge < -0.3 is 5.32 Å². The summed E-state index contributed by atoms with van der Waals surface area (Å²) in [6.45, 7) is 3.88. The first kappa shape index (κ1) is 15.6. The van der Waals surface area contributed by atoms with Crippen molar-refractivity contribution in [3.8, 4) is 0 Å². The number of amides is 1. The van der Waals surface area contributed by atoms with Gasteiger partial charge in [-0.2, -0.15) is 0 Å². The summed E-state index contributed by atoms with van der Waals surface area (Å²) < 4.78 is 0. The molecule has 118 valence electrons. The van der Waals surface area contributed by atoms with Crippen LogP contribution in [0.4, 0.5) is 5.13 Å². The van der Waals surface area contributed by atoms with Gasteiger partial charge in [-0.1, -0.05) is 6.92 Å². The van der Waals surface area contributed by atoms with E-state index in [2.05, 4.69) is 32.5 Å². The zero-order valence-electron chi connectivity index (χ0n) is 12.6. The molecule has 0 radical (unpaired) electrons. The first-order valence-electron chi connectivity index (χ1n) is 7.64. The van der Waals surface area contributed by atoms with Gasteiger partial charge >= 0.3 is 0 Å². The predicted octanol–water partition coefficient (Wildman–Crippen LogP) is 3.16. The van der Waals surface area contributed by atoms with E-state index in [-0.39, 0.29) is 11.9 Å². The minimum Gasteiger partial charge on any atom is -0.301 e. The minimum absolute atomic E-state index is 0.0523. The van der Waals surface area contributed by atoms with Crippen LogP contribution in [0.1, 0.15) is 36.9 Å². The molecule has 1 saturated heterocycles. The maximum Gasteiger partial charge on any atom is 0.243 e. The first-order valence-corrected chi connectivity index (χ1v) is 9.40.